The summed E-state index contributed by atoms with van der Waals surface area (Å²) in [5.41, 5.74) is -0.748. The second-order valence-corrected chi connectivity index (χ2v) is 4.01. The Kier molecular flexibility index (Phi) is 3.31. The van der Waals surface area contributed by atoms with Crippen LogP contribution >= 0.6 is 0 Å². The summed E-state index contributed by atoms with van der Waals surface area (Å²) in [5.74, 6) is -0.457. The standard InChI is InChI=1S/C11H15NO3/c1-11(2,15)7-12-10(14)8-5-3-4-6-9(8)13/h3-6,13,15H,7H2,1-2H3,(H,12,14). The molecule has 0 saturated carbocycles. The van der Waals surface area contributed by atoms with Gasteiger partial charge in [0.25, 0.3) is 5.91 Å². The van der Waals surface area contributed by atoms with Crippen molar-refractivity contribution >= 4 is 5.91 Å². The molecule has 0 aliphatic rings. The number of rotatable bonds is 3. The third-order valence-corrected chi connectivity index (χ3v) is 1.83. The van der Waals surface area contributed by atoms with E-state index in [1.807, 2.05) is 0 Å². The van der Waals surface area contributed by atoms with Gasteiger partial charge in [0.2, 0.25) is 0 Å². The van der Waals surface area contributed by atoms with Crippen molar-refractivity contribution in [3.8, 4) is 5.75 Å². The zero-order valence-electron chi connectivity index (χ0n) is 8.82. The molecule has 0 aromatic heterocycles. The van der Waals surface area contributed by atoms with E-state index < -0.39 is 11.5 Å². The fourth-order valence-electron chi connectivity index (χ4n) is 1.06. The molecule has 0 bridgehead atoms. The molecule has 4 nitrogen and oxygen atoms in total. The molecule has 1 aromatic rings. The van der Waals surface area contributed by atoms with Crippen molar-refractivity contribution in [3.63, 3.8) is 0 Å². The molecule has 0 aliphatic carbocycles. The number of hydrogen-bond donors (Lipinski definition) is 3. The topological polar surface area (TPSA) is 69.6 Å². The van der Waals surface area contributed by atoms with Crippen molar-refractivity contribution in [2.24, 2.45) is 0 Å². The number of carbonyl (C=O) groups is 1. The molecule has 0 aliphatic heterocycles. The first-order valence-electron chi connectivity index (χ1n) is 4.69. The first-order chi connectivity index (χ1) is 6.90. The highest BCUT2D eigenvalue weighted by Crippen LogP contribution is 2.15. The van der Waals surface area contributed by atoms with Crippen LogP contribution < -0.4 is 5.32 Å². The number of phenols is 1. The summed E-state index contributed by atoms with van der Waals surface area (Å²) >= 11 is 0. The van der Waals surface area contributed by atoms with E-state index in [0.717, 1.165) is 0 Å². The Morgan fingerprint density at radius 2 is 2.00 bits per heavy atom. The van der Waals surface area contributed by atoms with Crippen LogP contribution in [0.4, 0.5) is 0 Å². The van der Waals surface area contributed by atoms with Crippen LogP contribution in [0.2, 0.25) is 0 Å². The van der Waals surface area contributed by atoms with Gasteiger partial charge in [-0.15, -0.1) is 0 Å². The Labute approximate surface area is 88.6 Å². The predicted molar refractivity (Wildman–Crippen MR) is 56.7 cm³/mol. The number of carbonyl (C=O) groups excluding carboxylic acids is 1. The molecule has 82 valence electrons. The fourth-order valence-corrected chi connectivity index (χ4v) is 1.06. The SMILES string of the molecule is CC(C)(O)CNC(=O)c1ccccc1O. The maximum absolute atomic E-state index is 11.5. The van der Waals surface area contributed by atoms with Crippen LogP contribution in [0, 0.1) is 0 Å². The molecule has 0 atom stereocenters. The second-order valence-electron chi connectivity index (χ2n) is 4.01. The molecule has 1 aromatic carbocycles. The molecule has 0 fully saturated rings. The third-order valence-electron chi connectivity index (χ3n) is 1.83. The highest BCUT2D eigenvalue weighted by atomic mass is 16.3. The number of aliphatic hydroxyl groups is 1. The molecule has 1 amide bonds. The monoisotopic (exact) mass is 209 g/mol. The Morgan fingerprint density at radius 1 is 1.40 bits per heavy atom. The number of para-hydroxylation sites is 1. The number of hydrogen-bond acceptors (Lipinski definition) is 3. The van der Waals surface area contributed by atoms with Crippen LogP contribution in [-0.4, -0.2) is 28.3 Å². The smallest absolute Gasteiger partial charge is 0.255 e. The van der Waals surface area contributed by atoms with Crippen LogP contribution in [0.1, 0.15) is 24.2 Å². The van der Waals surface area contributed by atoms with Crippen LogP contribution in [-0.2, 0) is 0 Å². The lowest BCUT2D eigenvalue weighted by molar-refractivity contribution is 0.0693. The molecular weight excluding hydrogens is 194 g/mol. The van der Waals surface area contributed by atoms with Crippen molar-refractivity contribution in [3.05, 3.63) is 29.8 Å². The van der Waals surface area contributed by atoms with Gasteiger partial charge in [0.05, 0.1) is 11.2 Å². The first kappa shape index (κ1) is 11.5. The Balaban J connectivity index is 2.66. The van der Waals surface area contributed by atoms with Gasteiger partial charge in [0.15, 0.2) is 0 Å². The van der Waals surface area contributed by atoms with Crippen LogP contribution in [0.25, 0.3) is 0 Å². The van der Waals surface area contributed by atoms with Gasteiger partial charge in [-0.05, 0) is 26.0 Å². The molecule has 1 rings (SSSR count). The molecule has 0 saturated heterocycles. The van der Waals surface area contributed by atoms with Crippen molar-refractivity contribution in [2.45, 2.75) is 19.4 Å². The summed E-state index contributed by atoms with van der Waals surface area (Å²) in [6.45, 7) is 3.33. The molecule has 3 N–H and O–H groups in total. The zero-order valence-corrected chi connectivity index (χ0v) is 8.82. The number of benzene rings is 1. The summed E-state index contributed by atoms with van der Waals surface area (Å²) in [7, 11) is 0. The lowest BCUT2D eigenvalue weighted by atomic mass is 10.1. The fraction of sp³-hybridized carbons (Fsp3) is 0.364. The molecule has 0 heterocycles. The Bertz CT molecular complexity index is 355. The minimum absolute atomic E-state index is 0.0641. The average Bonchev–Trinajstić information content (AvgIpc) is 2.14. The van der Waals surface area contributed by atoms with Crippen molar-refractivity contribution in [2.75, 3.05) is 6.54 Å². The van der Waals surface area contributed by atoms with Crippen LogP contribution in [0.5, 0.6) is 5.75 Å². The maximum atomic E-state index is 11.5. The molecule has 0 radical (unpaired) electrons. The van der Waals surface area contributed by atoms with Gasteiger partial charge >= 0.3 is 0 Å². The van der Waals surface area contributed by atoms with Crippen molar-refractivity contribution in [1.82, 2.24) is 5.32 Å². The Hall–Kier alpha value is -1.55. The van der Waals surface area contributed by atoms with E-state index in [2.05, 4.69) is 5.32 Å². The van der Waals surface area contributed by atoms with E-state index >= 15 is 0 Å². The van der Waals surface area contributed by atoms with E-state index in [1.54, 1.807) is 26.0 Å². The maximum Gasteiger partial charge on any atom is 0.255 e. The van der Waals surface area contributed by atoms with Gasteiger partial charge in [-0.25, -0.2) is 0 Å². The number of aromatic hydroxyl groups is 1. The zero-order chi connectivity index (χ0) is 11.5. The van der Waals surface area contributed by atoms with E-state index in [1.165, 1.54) is 12.1 Å². The van der Waals surface area contributed by atoms with Gasteiger partial charge in [-0.3, -0.25) is 4.79 Å². The Morgan fingerprint density at radius 3 is 2.53 bits per heavy atom. The summed E-state index contributed by atoms with van der Waals surface area (Å²) in [5, 5.41) is 21.3. The predicted octanol–water partition coefficient (Wildman–Crippen LogP) is 0.893. The summed E-state index contributed by atoms with van der Waals surface area (Å²) in [6, 6.07) is 6.27. The molecule has 4 heteroatoms. The lowest BCUT2D eigenvalue weighted by Crippen LogP contribution is -2.38. The van der Waals surface area contributed by atoms with Gasteiger partial charge in [0, 0.05) is 6.54 Å². The highest BCUT2D eigenvalue weighted by molar-refractivity contribution is 5.96. The minimum atomic E-state index is -0.958. The van der Waals surface area contributed by atoms with Crippen molar-refractivity contribution in [1.29, 1.82) is 0 Å². The summed E-state index contributed by atoms with van der Waals surface area (Å²) < 4.78 is 0. The minimum Gasteiger partial charge on any atom is -0.507 e. The van der Waals surface area contributed by atoms with Crippen molar-refractivity contribution < 1.29 is 15.0 Å². The number of phenolic OH excluding ortho intramolecular Hbond substituents is 1. The average molecular weight is 209 g/mol. The summed E-state index contributed by atoms with van der Waals surface area (Å²) in [4.78, 5) is 11.5. The number of amides is 1. The summed E-state index contributed by atoms with van der Waals surface area (Å²) in [6.07, 6.45) is 0. The van der Waals surface area contributed by atoms with Gasteiger partial charge < -0.3 is 15.5 Å². The van der Waals surface area contributed by atoms with Crippen LogP contribution in [0.3, 0.4) is 0 Å². The second kappa shape index (κ2) is 4.31. The molecule has 0 spiro atoms. The van der Waals surface area contributed by atoms with E-state index in [0.29, 0.717) is 0 Å². The van der Waals surface area contributed by atoms with Gasteiger partial charge in [0.1, 0.15) is 5.75 Å². The van der Waals surface area contributed by atoms with E-state index in [4.69, 9.17) is 0 Å². The lowest BCUT2D eigenvalue weighted by Gasteiger charge is -2.17. The normalized spacial score (nSPS) is 11.1. The molecule has 15 heavy (non-hydrogen) atoms. The number of nitrogens with one attached hydrogen (secondary N) is 1. The van der Waals surface area contributed by atoms with E-state index in [-0.39, 0.29) is 17.9 Å². The van der Waals surface area contributed by atoms with Gasteiger partial charge in [-0.1, -0.05) is 12.1 Å². The van der Waals surface area contributed by atoms with Crippen LogP contribution in [0.15, 0.2) is 24.3 Å². The first-order valence-corrected chi connectivity index (χ1v) is 4.69. The molecular formula is C11H15NO3. The molecule has 0 unspecified atom stereocenters. The highest BCUT2D eigenvalue weighted by Gasteiger charge is 2.16. The largest absolute Gasteiger partial charge is 0.507 e. The van der Waals surface area contributed by atoms with Gasteiger partial charge in [-0.2, -0.15) is 0 Å². The third kappa shape index (κ3) is 3.59. The quantitative estimate of drug-likeness (QED) is 0.692. The van der Waals surface area contributed by atoms with E-state index in [9.17, 15) is 15.0 Å².